The molecule has 2 aromatic rings. The van der Waals surface area contributed by atoms with E-state index >= 15 is 0 Å². The molecule has 0 unspecified atom stereocenters. The number of rotatable bonds is 6. The zero-order valence-electron chi connectivity index (χ0n) is 14.7. The first-order valence-corrected chi connectivity index (χ1v) is 8.77. The lowest BCUT2D eigenvalue weighted by Gasteiger charge is -2.15. The van der Waals surface area contributed by atoms with Crippen molar-refractivity contribution < 1.29 is 9.53 Å². The molecule has 0 atom stereocenters. The zero-order valence-corrected chi connectivity index (χ0v) is 14.7. The SMILES string of the molecule is CC(C)Oc1ccccc1Nc1ncc(C(=O)NC2CCCC2)cn1. The predicted molar refractivity (Wildman–Crippen MR) is 97.2 cm³/mol. The molecule has 1 aromatic heterocycles. The lowest BCUT2D eigenvalue weighted by atomic mass is 10.2. The third-order valence-corrected chi connectivity index (χ3v) is 4.10. The standard InChI is InChI=1S/C19H24N4O2/c1-13(2)25-17-10-6-5-9-16(17)23-19-20-11-14(12-21-19)18(24)22-15-7-3-4-8-15/h5-6,9-13,15H,3-4,7-8H2,1-2H3,(H,22,24)(H,20,21,23). The van der Waals surface area contributed by atoms with E-state index in [1.54, 1.807) is 12.4 Å². The van der Waals surface area contributed by atoms with E-state index in [4.69, 9.17) is 4.74 Å². The van der Waals surface area contributed by atoms with Gasteiger partial charge in [0.1, 0.15) is 5.75 Å². The molecule has 6 heteroatoms. The van der Waals surface area contributed by atoms with Crippen molar-refractivity contribution in [1.29, 1.82) is 0 Å². The summed E-state index contributed by atoms with van der Waals surface area (Å²) in [6, 6.07) is 7.91. The molecule has 1 aliphatic rings. The number of nitrogens with zero attached hydrogens (tertiary/aromatic N) is 2. The number of benzene rings is 1. The van der Waals surface area contributed by atoms with Gasteiger partial charge in [0.15, 0.2) is 0 Å². The van der Waals surface area contributed by atoms with Crippen LogP contribution in [0.25, 0.3) is 0 Å². The Morgan fingerprint density at radius 3 is 2.52 bits per heavy atom. The summed E-state index contributed by atoms with van der Waals surface area (Å²) >= 11 is 0. The highest BCUT2D eigenvalue weighted by Gasteiger charge is 2.18. The Morgan fingerprint density at radius 1 is 1.16 bits per heavy atom. The monoisotopic (exact) mass is 340 g/mol. The molecule has 1 fully saturated rings. The molecule has 2 N–H and O–H groups in total. The van der Waals surface area contributed by atoms with E-state index in [0.29, 0.717) is 11.5 Å². The highest BCUT2D eigenvalue weighted by Crippen LogP contribution is 2.27. The van der Waals surface area contributed by atoms with Gasteiger partial charge in [-0.1, -0.05) is 25.0 Å². The van der Waals surface area contributed by atoms with Crippen molar-refractivity contribution in [2.75, 3.05) is 5.32 Å². The van der Waals surface area contributed by atoms with Gasteiger partial charge >= 0.3 is 0 Å². The van der Waals surface area contributed by atoms with E-state index in [2.05, 4.69) is 20.6 Å². The van der Waals surface area contributed by atoms with E-state index in [1.165, 1.54) is 12.8 Å². The molecule has 0 saturated heterocycles. The van der Waals surface area contributed by atoms with E-state index in [1.807, 2.05) is 38.1 Å². The fraction of sp³-hybridized carbons (Fsp3) is 0.421. The largest absolute Gasteiger partial charge is 0.489 e. The first-order valence-electron chi connectivity index (χ1n) is 8.77. The number of carbonyl (C=O) groups is 1. The second-order valence-electron chi connectivity index (χ2n) is 6.54. The Balaban J connectivity index is 1.65. The van der Waals surface area contributed by atoms with Crippen LogP contribution in [0.5, 0.6) is 5.75 Å². The molecule has 0 radical (unpaired) electrons. The Hall–Kier alpha value is -2.63. The normalized spacial score (nSPS) is 14.5. The number of para-hydroxylation sites is 2. The summed E-state index contributed by atoms with van der Waals surface area (Å²) in [7, 11) is 0. The molecule has 132 valence electrons. The van der Waals surface area contributed by atoms with E-state index in [-0.39, 0.29) is 18.1 Å². The van der Waals surface area contributed by atoms with Gasteiger partial charge in [-0.2, -0.15) is 0 Å². The fourth-order valence-electron chi connectivity index (χ4n) is 2.90. The minimum Gasteiger partial charge on any atom is -0.489 e. The van der Waals surface area contributed by atoms with Crippen LogP contribution in [0.4, 0.5) is 11.6 Å². The van der Waals surface area contributed by atoms with Gasteiger partial charge in [-0.05, 0) is 38.8 Å². The maximum Gasteiger partial charge on any atom is 0.254 e. The molecule has 0 bridgehead atoms. The Kier molecular flexibility index (Phi) is 5.48. The molecule has 1 aliphatic carbocycles. The van der Waals surface area contributed by atoms with Crippen molar-refractivity contribution in [1.82, 2.24) is 15.3 Å². The quantitative estimate of drug-likeness (QED) is 0.839. The van der Waals surface area contributed by atoms with Crippen LogP contribution in [-0.2, 0) is 0 Å². The number of amides is 1. The minimum atomic E-state index is -0.109. The van der Waals surface area contributed by atoms with Gasteiger partial charge in [-0.15, -0.1) is 0 Å². The number of nitrogens with one attached hydrogen (secondary N) is 2. The summed E-state index contributed by atoms with van der Waals surface area (Å²) in [5, 5.41) is 6.17. The Bertz CT molecular complexity index is 710. The summed E-state index contributed by atoms with van der Waals surface area (Å²) in [5.41, 5.74) is 1.27. The first-order chi connectivity index (χ1) is 12.1. The molecule has 6 nitrogen and oxygen atoms in total. The lowest BCUT2D eigenvalue weighted by Crippen LogP contribution is -2.32. The van der Waals surface area contributed by atoms with Crippen molar-refractivity contribution in [2.24, 2.45) is 0 Å². The Labute approximate surface area is 148 Å². The molecule has 1 heterocycles. The highest BCUT2D eigenvalue weighted by atomic mass is 16.5. The van der Waals surface area contributed by atoms with Gasteiger partial charge in [0.2, 0.25) is 5.95 Å². The van der Waals surface area contributed by atoms with Crippen LogP contribution in [0.1, 0.15) is 49.9 Å². The van der Waals surface area contributed by atoms with Crippen LogP contribution >= 0.6 is 0 Å². The van der Waals surface area contributed by atoms with Gasteiger partial charge in [-0.25, -0.2) is 9.97 Å². The van der Waals surface area contributed by atoms with Crippen LogP contribution in [0.15, 0.2) is 36.7 Å². The summed E-state index contributed by atoms with van der Waals surface area (Å²) in [5.74, 6) is 1.06. The highest BCUT2D eigenvalue weighted by molar-refractivity contribution is 5.93. The average molecular weight is 340 g/mol. The zero-order chi connectivity index (χ0) is 17.6. The van der Waals surface area contributed by atoms with Crippen LogP contribution in [0.2, 0.25) is 0 Å². The van der Waals surface area contributed by atoms with Crippen molar-refractivity contribution in [3.05, 3.63) is 42.2 Å². The fourth-order valence-corrected chi connectivity index (χ4v) is 2.90. The van der Waals surface area contributed by atoms with Crippen LogP contribution in [-0.4, -0.2) is 28.0 Å². The third kappa shape index (κ3) is 4.68. The molecule has 0 aliphatic heterocycles. The van der Waals surface area contributed by atoms with Gasteiger partial charge in [0.25, 0.3) is 5.91 Å². The van der Waals surface area contributed by atoms with Gasteiger partial charge in [0.05, 0.1) is 17.4 Å². The summed E-state index contributed by atoms with van der Waals surface area (Å²) < 4.78 is 5.77. The van der Waals surface area contributed by atoms with Crippen LogP contribution in [0, 0.1) is 0 Å². The second-order valence-corrected chi connectivity index (χ2v) is 6.54. The number of hydrogen-bond donors (Lipinski definition) is 2. The van der Waals surface area contributed by atoms with Crippen molar-refractivity contribution in [3.8, 4) is 5.75 Å². The number of anilines is 2. The number of hydrogen-bond acceptors (Lipinski definition) is 5. The van der Waals surface area contributed by atoms with E-state index < -0.39 is 0 Å². The molecule has 25 heavy (non-hydrogen) atoms. The second kappa shape index (κ2) is 7.96. The lowest BCUT2D eigenvalue weighted by molar-refractivity contribution is 0.0937. The van der Waals surface area contributed by atoms with E-state index in [9.17, 15) is 4.79 Å². The molecular weight excluding hydrogens is 316 g/mol. The summed E-state index contributed by atoms with van der Waals surface area (Å²) in [6.07, 6.45) is 7.64. The Morgan fingerprint density at radius 2 is 1.84 bits per heavy atom. The van der Waals surface area contributed by atoms with Crippen LogP contribution in [0.3, 0.4) is 0 Å². The van der Waals surface area contributed by atoms with Crippen molar-refractivity contribution >= 4 is 17.5 Å². The maximum absolute atomic E-state index is 12.2. The van der Waals surface area contributed by atoms with Gasteiger partial charge in [0, 0.05) is 18.4 Å². The smallest absolute Gasteiger partial charge is 0.254 e. The minimum absolute atomic E-state index is 0.0746. The molecular formula is C19H24N4O2. The number of carbonyl (C=O) groups excluding carboxylic acids is 1. The van der Waals surface area contributed by atoms with Crippen LogP contribution < -0.4 is 15.4 Å². The van der Waals surface area contributed by atoms with Crippen molar-refractivity contribution in [3.63, 3.8) is 0 Å². The van der Waals surface area contributed by atoms with Crippen molar-refractivity contribution in [2.45, 2.75) is 51.7 Å². The third-order valence-electron chi connectivity index (χ3n) is 4.10. The molecule has 0 spiro atoms. The molecule has 1 aromatic carbocycles. The summed E-state index contributed by atoms with van der Waals surface area (Å²) in [4.78, 5) is 20.7. The summed E-state index contributed by atoms with van der Waals surface area (Å²) in [6.45, 7) is 3.95. The van der Waals surface area contributed by atoms with Gasteiger partial charge in [-0.3, -0.25) is 4.79 Å². The van der Waals surface area contributed by atoms with Gasteiger partial charge < -0.3 is 15.4 Å². The topological polar surface area (TPSA) is 76.1 Å². The maximum atomic E-state index is 12.2. The average Bonchev–Trinajstić information content (AvgIpc) is 3.10. The first kappa shape index (κ1) is 17.2. The van der Waals surface area contributed by atoms with E-state index in [0.717, 1.165) is 24.3 Å². The molecule has 1 saturated carbocycles. The number of ether oxygens (including phenoxy) is 1. The number of aromatic nitrogens is 2. The molecule has 1 amide bonds. The molecule has 3 rings (SSSR count). The predicted octanol–water partition coefficient (Wildman–Crippen LogP) is 3.68.